The Morgan fingerprint density at radius 1 is 0.938 bits per heavy atom. The van der Waals surface area contributed by atoms with Crippen LogP contribution in [0.2, 0.25) is 0 Å². The second kappa shape index (κ2) is 9.58. The van der Waals surface area contributed by atoms with Crippen LogP contribution in [0.5, 0.6) is 0 Å². The monoisotopic (exact) mass is 455 g/mol. The molecule has 0 fully saturated rings. The van der Waals surface area contributed by atoms with E-state index in [4.69, 9.17) is 5.14 Å². The predicted molar refractivity (Wildman–Crippen MR) is 117 cm³/mol. The maximum absolute atomic E-state index is 12.2. The molecule has 3 aromatic carbocycles. The molecule has 32 heavy (non-hydrogen) atoms. The number of carbonyl (C=O) groups excluding carboxylic acids is 2. The minimum atomic E-state index is -3.88. The SMILES string of the molecule is NS(=O)(=O)c1ccc(C(=O)NCC(=O)NC(Cc2ccc3ccccc3c2)C(=O)O)cc1. The highest BCUT2D eigenvalue weighted by atomic mass is 32.2. The molecule has 166 valence electrons. The van der Waals surface area contributed by atoms with Crippen LogP contribution in [-0.4, -0.2) is 43.9 Å². The summed E-state index contributed by atoms with van der Waals surface area (Å²) in [4.78, 5) is 35.8. The van der Waals surface area contributed by atoms with Crippen LogP contribution in [0.1, 0.15) is 15.9 Å². The first-order valence-corrected chi connectivity index (χ1v) is 11.1. The Morgan fingerprint density at radius 2 is 1.59 bits per heavy atom. The second-order valence-electron chi connectivity index (χ2n) is 7.10. The van der Waals surface area contributed by atoms with Crippen LogP contribution in [0.15, 0.2) is 71.6 Å². The number of carboxylic acids is 1. The zero-order chi connectivity index (χ0) is 23.3. The van der Waals surface area contributed by atoms with Gasteiger partial charge in [-0.05, 0) is 40.6 Å². The van der Waals surface area contributed by atoms with E-state index in [0.717, 1.165) is 16.3 Å². The number of sulfonamides is 1. The Morgan fingerprint density at radius 3 is 2.22 bits per heavy atom. The maximum Gasteiger partial charge on any atom is 0.326 e. The van der Waals surface area contributed by atoms with Crippen LogP contribution in [0.3, 0.4) is 0 Å². The predicted octanol–water partition coefficient (Wildman–Crippen LogP) is 1.03. The molecule has 1 unspecified atom stereocenters. The van der Waals surface area contributed by atoms with Gasteiger partial charge in [0.25, 0.3) is 5.91 Å². The van der Waals surface area contributed by atoms with Crippen molar-refractivity contribution in [3.63, 3.8) is 0 Å². The summed E-state index contributed by atoms with van der Waals surface area (Å²) in [6.45, 7) is -0.447. The summed E-state index contributed by atoms with van der Waals surface area (Å²) in [7, 11) is -3.88. The second-order valence-corrected chi connectivity index (χ2v) is 8.66. The van der Waals surface area contributed by atoms with Crippen LogP contribution in [0.25, 0.3) is 10.8 Å². The average Bonchev–Trinajstić information content (AvgIpc) is 2.76. The normalized spacial score (nSPS) is 12.2. The third-order valence-corrected chi connectivity index (χ3v) is 5.67. The zero-order valence-electron chi connectivity index (χ0n) is 16.8. The molecular weight excluding hydrogens is 434 g/mol. The van der Waals surface area contributed by atoms with Crippen molar-refractivity contribution >= 4 is 38.6 Å². The number of aliphatic carboxylic acids is 1. The van der Waals surface area contributed by atoms with Gasteiger partial charge < -0.3 is 15.7 Å². The van der Waals surface area contributed by atoms with Crippen molar-refractivity contribution in [3.8, 4) is 0 Å². The van der Waals surface area contributed by atoms with E-state index < -0.39 is 40.4 Å². The minimum absolute atomic E-state index is 0.0783. The number of hydrogen-bond acceptors (Lipinski definition) is 5. The number of carboxylic acid groups (broad SMARTS) is 1. The molecule has 0 aliphatic rings. The molecule has 9 nitrogen and oxygen atoms in total. The minimum Gasteiger partial charge on any atom is -0.480 e. The Kier molecular flexibility index (Phi) is 6.86. The van der Waals surface area contributed by atoms with Crippen LogP contribution in [0, 0.1) is 0 Å². The number of rotatable bonds is 8. The first-order chi connectivity index (χ1) is 15.1. The summed E-state index contributed by atoms with van der Waals surface area (Å²) in [5, 5.41) is 21.2. The molecule has 0 saturated heterocycles. The number of nitrogens with two attached hydrogens (primary N) is 1. The van der Waals surface area contributed by atoms with Gasteiger partial charge in [-0.1, -0.05) is 42.5 Å². The quantitative estimate of drug-likeness (QED) is 0.397. The van der Waals surface area contributed by atoms with E-state index in [2.05, 4.69) is 10.6 Å². The summed E-state index contributed by atoms with van der Waals surface area (Å²) in [6, 6.07) is 16.9. The summed E-state index contributed by atoms with van der Waals surface area (Å²) < 4.78 is 22.5. The number of primary sulfonamides is 1. The molecule has 2 amide bonds. The third kappa shape index (κ3) is 5.90. The van der Waals surface area contributed by atoms with E-state index in [9.17, 15) is 27.9 Å². The lowest BCUT2D eigenvalue weighted by atomic mass is 10.0. The van der Waals surface area contributed by atoms with Crippen molar-refractivity contribution < 1.29 is 27.9 Å². The Hall–Kier alpha value is -3.76. The van der Waals surface area contributed by atoms with Gasteiger partial charge in [0.05, 0.1) is 11.4 Å². The molecule has 0 aromatic heterocycles. The molecule has 0 radical (unpaired) electrons. The lowest BCUT2D eigenvalue weighted by Crippen LogP contribution is -2.46. The first kappa shape index (κ1) is 22.9. The number of nitrogens with one attached hydrogen (secondary N) is 2. The number of carbonyl (C=O) groups is 3. The van der Waals surface area contributed by atoms with Gasteiger partial charge in [-0.2, -0.15) is 0 Å². The molecule has 0 heterocycles. The molecule has 3 rings (SSSR count). The summed E-state index contributed by atoms with van der Waals surface area (Å²) in [5.74, 6) is -2.49. The van der Waals surface area contributed by atoms with E-state index in [0.29, 0.717) is 0 Å². The standard InChI is InChI=1S/C22H21N3O6S/c23-32(30,31)18-9-7-16(8-10-18)21(27)24-13-20(26)25-19(22(28)29)12-14-5-6-15-3-1-2-4-17(15)11-14/h1-11,19H,12-13H2,(H,24,27)(H,25,26)(H,28,29)(H2,23,30,31). The van der Waals surface area contributed by atoms with Gasteiger partial charge in [0, 0.05) is 12.0 Å². The summed E-state index contributed by atoms with van der Waals surface area (Å²) in [6.07, 6.45) is 0.0783. The van der Waals surface area contributed by atoms with Crippen molar-refractivity contribution in [2.45, 2.75) is 17.4 Å². The van der Waals surface area contributed by atoms with Gasteiger partial charge in [-0.25, -0.2) is 18.4 Å². The Labute approximate surface area is 184 Å². The smallest absolute Gasteiger partial charge is 0.326 e. The molecule has 3 aromatic rings. The van der Waals surface area contributed by atoms with Crippen LogP contribution < -0.4 is 15.8 Å². The first-order valence-electron chi connectivity index (χ1n) is 9.54. The van der Waals surface area contributed by atoms with Crippen molar-refractivity contribution in [3.05, 3.63) is 77.9 Å². The molecule has 10 heteroatoms. The van der Waals surface area contributed by atoms with Gasteiger partial charge in [-0.3, -0.25) is 9.59 Å². The van der Waals surface area contributed by atoms with E-state index in [1.165, 1.54) is 24.3 Å². The third-order valence-electron chi connectivity index (χ3n) is 4.74. The van der Waals surface area contributed by atoms with E-state index >= 15 is 0 Å². The van der Waals surface area contributed by atoms with Gasteiger partial charge in [0.1, 0.15) is 6.04 Å². The highest BCUT2D eigenvalue weighted by Gasteiger charge is 2.21. The molecule has 1 atom stereocenters. The van der Waals surface area contributed by atoms with E-state index in [1.54, 1.807) is 6.07 Å². The van der Waals surface area contributed by atoms with Crippen LogP contribution in [0.4, 0.5) is 0 Å². The number of benzene rings is 3. The summed E-state index contributed by atoms with van der Waals surface area (Å²) >= 11 is 0. The molecule has 0 aliphatic heterocycles. The Balaban J connectivity index is 1.58. The van der Waals surface area contributed by atoms with E-state index in [-0.39, 0.29) is 16.9 Å². The molecule has 5 N–H and O–H groups in total. The fraction of sp³-hybridized carbons (Fsp3) is 0.136. The highest BCUT2D eigenvalue weighted by Crippen LogP contribution is 2.17. The van der Waals surface area contributed by atoms with Crippen molar-refractivity contribution in [2.24, 2.45) is 5.14 Å². The lowest BCUT2D eigenvalue weighted by molar-refractivity contribution is -0.141. The fourth-order valence-corrected chi connectivity index (χ4v) is 3.62. The zero-order valence-corrected chi connectivity index (χ0v) is 17.6. The molecular formula is C22H21N3O6S. The van der Waals surface area contributed by atoms with Crippen LogP contribution >= 0.6 is 0 Å². The van der Waals surface area contributed by atoms with Crippen LogP contribution in [-0.2, 0) is 26.0 Å². The molecule has 0 aliphatic carbocycles. The van der Waals surface area contributed by atoms with E-state index in [1.807, 2.05) is 36.4 Å². The van der Waals surface area contributed by atoms with Gasteiger partial charge in [0.15, 0.2) is 0 Å². The van der Waals surface area contributed by atoms with Crippen molar-refractivity contribution in [1.29, 1.82) is 0 Å². The van der Waals surface area contributed by atoms with Crippen molar-refractivity contribution in [1.82, 2.24) is 10.6 Å². The lowest BCUT2D eigenvalue weighted by Gasteiger charge is -2.15. The fourth-order valence-electron chi connectivity index (χ4n) is 3.11. The Bertz CT molecular complexity index is 1270. The molecule has 0 bridgehead atoms. The average molecular weight is 455 g/mol. The number of hydrogen-bond donors (Lipinski definition) is 4. The largest absolute Gasteiger partial charge is 0.480 e. The topological polar surface area (TPSA) is 156 Å². The highest BCUT2D eigenvalue weighted by molar-refractivity contribution is 7.89. The number of amides is 2. The van der Waals surface area contributed by atoms with Gasteiger partial charge in [-0.15, -0.1) is 0 Å². The van der Waals surface area contributed by atoms with Crippen molar-refractivity contribution in [2.75, 3.05) is 6.54 Å². The molecule has 0 saturated carbocycles. The van der Waals surface area contributed by atoms with Gasteiger partial charge >= 0.3 is 5.97 Å². The maximum atomic E-state index is 12.2. The van der Waals surface area contributed by atoms with Gasteiger partial charge in [0.2, 0.25) is 15.9 Å². The summed E-state index contributed by atoms with van der Waals surface area (Å²) in [5.41, 5.74) is 0.867. The molecule has 0 spiro atoms. The number of fused-ring (bicyclic) bond motifs is 1.